The molecule has 1 aromatic carbocycles. The molecule has 0 bridgehead atoms. The van der Waals surface area contributed by atoms with Crippen LogP contribution in [0.2, 0.25) is 0 Å². The van der Waals surface area contributed by atoms with E-state index >= 15 is 0 Å². The molecule has 0 aliphatic heterocycles. The molecule has 0 saturated heterocycles. The van der Waals surface area contributed by atoms with E-state index in [-0.39, 0.29) is 5.82 Å². The Labute approximate surface area is 132 Å². The summed E-state index contributed by atoms with van der Waals surface area (Å²) in [5.41, 5.74) is 0.850. The highest BCUT2D eigenvalue weighted by atomic mass is 79.9. The molecule has 0 radical (unpaired) electrons. The van der Waals surface area contributed by atoms with E-state index in [0.717, 1.165) is 23.1 Å². The van der Waals surface area contributed by atoms with Crippen molar-refractivity contribution in [1.29, 1.82) is 0 Å². The Morgan fingerprint density at radius 3 is 2.76 bits per heavy atom. The lowest BCUT2D eigenvalue weighted by Crippen LogP contribution is -2.38. The maximum absolute atomic E-state index is 13.2. The third-order valence-corrected chi connectivity index (χ3v) is 3.78. The topological polar surface area (TPSA) is 41.4 Å². The number of rotatable bonds is 5. The molecule has 21 heavy (non-hydrogen) atoms. The van der Waals surface area contributed by atoms with Crippen molar-refractivity contribution >= 4 is 21.9 Å². The summed E-state index contributed by atoms with van der Waals surface area (Å²) in [5.74, 6) is 0.448. The summed E-state index contributed by atoms with van der Waals surface area (Å²) >= 11 is 3.41. The van der Waals surface area contributed by atoms with Crippen LogP contribution in [-0.2, 0) is 13.1 Å². The lowest BCUT2D eigenvalue weighted by molar-refractivity contribution is 0.623. The van der Waals surface area contributed by atoms with Crippen molar-refractivity contribution in [2.75, 3.05) is 13.6 Å². The normalized spacial score (nSPS) is 11.5. The molecule has 6 heteroatoms. The first kappa shape index (κ1) is 15.6. The minimum Gasteiger partial charge on any atom is -0.355 e. The zero-order valence-corrected chi connectivity index (χ0v) is 13.4. The van der Waals surface area contributed by atoms with Crippen molar-refractivity contribution < 1.29 is 4.39 Å². The number of benzene rings is 1. The Bertz CT molecular complexity index is 596. The van der Waals surface area contributed by atoms with Gasteiger partial charge in [0, 0.05) is 43.5 Å². The first-order valence-electron chi connectivity index (χ1n) is 6.68. The SMILES string of the molecule is CN=C(NCCn1cccc1)NCc1cc(F)ccc1Br. The molecule has 0 aliphatic carbocycles. The number of guanidine groups is 1. The van der Waals surface area contributed by atoms with E-state index in [4.69, 9.17) is 0 Å². The fourth-order valence-corrected chi connectivity index (χ4v) is 2.29. The average molecular weight is 353 g/mol. The van der Waals surface area contributed by atoms with Gasteiger partial charge in [0.1, 0.15) is 5.82 Å². The zero-order chi connectivity index (χ0) is 15.1. The van der Waals surface area contributed by atoms with E-state index in [1.807, 2.05) is 24.5 Å². The van der Waals surface area contributed by atoms with Crippen LogP contribution in [0.3, 0.4) is 0 Å². The minimum absolute atomic E-state index is 0.245. The van der Waals surface area contributed by atoms with E-state index in [0.29, 0.717) is 12.5 Å². The maximum Gasteiger partial charge on any atom is 0.191 e. The van der Waals surface area contributed by atoms with Crippen LogP contribution in [0.25, 0.3) is 0 Å². The summed E-state index contributed by atoms with van der Waals surface area (Å²) in [6, 6.07) is 8.62. The van der Waals surface area contributed by atoms with Gasteiger partial charge in [-0.25, -0.2) is 4.39 Å². The predicted molar refractivity (Wildman–Crippen MR) is 86.7 cm³/mol. The Morgan fingerprint density at radius 2 is 2.05 bits per heavy atom. The van der Waals surface area contributed by atoms with Gasteiger partial charge in [0.25, 0.3) is 0 Å². The smallest absolute Gasteiger partial charge is 0.191 e. The minimum atomic E-state index is -0.245. The number of aromatic nitrogens is 1. The summed E-state index contributed by atoms with van der Waals surface area (Å²) in [4.78, 5) is 4.15. The Hall–Kier alpha value is -1.82. The molecule has 0 spiro atoms. The van der Waals surface area contributed by atoms with Gasteiger partial charge >= 0.3 is 0 Å². The largest absolute Gasteiger partial charge is 0.355 e. The van der Waals surface area contributed by atoms with Gasteiger partial charge in [-0.3, -0.25) is 4.99 Å². The number of halogens is 2. The van der Waals surface area contributed by atoms with Crippen molar-refractivity contribution in [3.05, 3.63) is 58.6 Å². The van der Waals surface area contributed by atoms with Crippen molar-refractivity contribution in [3.63, 3.8) is 0 Å². The molecule has 2 aromatic rings. The van der Waals surface area contributed by atoms with Crippen LogP contribution >= 0.6 is 15.9 Å². The van der Waals surface area contributed by atoms with Gasteiger partial charge in [-0.05, 0) is 35.9 Å². The van der Waals surface area contributed by atoms with E-state index in [1.54, 1.807) is 13.1 Å². The highest BCUT2D eigenvalue weighted by molar-refractivity contribution is 9.10. The zero-order valence-electron chi connectivity index (χ0n) is 11.8. The second-order valence-electron chi connectivity index (χ2n) is 4.51. The standard InChI is InChI=1S/C15H18BrFN4/c1-18-15(19-6-9-21-7-2-3-8-21)20-11-12-10-13(17)4-5-14(12)16/h2-5,7-8,10H,6,9,11H2,1H3,(H2,18,19,20). The molecule has 112 valence electrons. The van der Waals surface area contributed by atoms with Gasteiger partial charge in [-0.15, -0.1) is 0 Å². The van der Waals surface area contributed by atoms with Gasteiger partial charge in [0.2, 0.25) is 0 Å². The number of nitrogens with one attached hydrogen (secondary N) is 2. The molecule has 2 rings (SSSR count). The summed E-state index contributed by atoms with van der Waals surface area (Å²) in [5, 5.41) is 6.39. The molecule has 0 saturated carbocycles. The Balaban J connectivity index is 1.81. The van der Waals surface area contributed by atoms with E-state index in [9.17, 15) is 4.39 Å². The van der Waals surface area contributed by atoms with Crippen molar-refractivity contribution in [2.24, 2.45) is 4.99 Å². The van der Waals surface area contributed by atoms with Crippen LogP contribution in [-0.4, -0.2) is 24.1 Å². The number of aliphatic imine (C=N–C) groups is 1. The number of hydrogen-bond donors (Lipinski definition) is 2. The number of nitrogens with zero attached hydrogens (tertiary/aromatic N) is 2. The van der Waals surface area contributed by atoms with Crippen LogP contribution in [0.4, 0.5) is 4.39 Å². The molecule has 0 aliphatic rings. The molecule has 2 N–H and O–H groups in total. The highest BCUT2D eigenvalue weighted by Crippen LogP contribution is 2.17. The Kier molecular flexibility index (Phi) is 5.80. The molecule has 1 heterocycles. The Morgan fingerprint density at radius 1 is 1.29 bits per heavy atom. The molecule has 0 amide bonds. The first-order chi connectivity index (χ1) is 10.2. The van der Waals surface area contributed by atoms with Crippen LogP contribution in [0, 0.1) is 5.82 Å². The average Bonchev–Trinajstić information content (AvgIpc) is 2.99. The summed E-state index contributed by atoms with van der Waals surface area (Å²) in [6.07, 6.45) is 4.03. The van der Waals surface area contributed by atoms with Crippen LogP contribution in [0.5, 0.6) is 0 Å². The lowest BCUT2D eigenvalue weighted by Gasteiger charge is -2.13. The molecular weight excluding hydrogens is 335 g/mol. The second kappa shape index (κ2) is 7.83. The van der Waals surface area contributed by atoms with Gasteiger partial charge in [0.05, 0.1) is 0 Å². The van der Waals surface area contributed by atoms with Gasteiger partial charge in [0.15, 0.2) is 5.96 Å². The molecule has 0 unspecified atom stereocenters. The maximum atomic E-state index is 13.2. The predicted octanol–water partition coefficient (Wildman–Crippen LogP) is 2.75. The summed E-state index contributed by atoms with van der Waals surface area (Å²) in [6.45, 7) is 2.12. The lowest BCUT2D eigenvalue weighted by atomic mass is 10.2. The van der Waals surface area contributed by atoms with Gasteiger partial charge < -0.3 is 15.2 Å². The quantitative estimate of drug-likeness (QED) is 0.641. The highest BCUT2D eigenvalue weighted by Gasteiger charge is 2.03. The van der Waals surface area contributed by atoms with Crippen molar-refractivity contribution in [3.8, 4) is 0 Å². The molecular formula is C15H18BrFN4. The molecule has 0 fully saturated rings. The third kappa shape index (κ3) is 4.90. The molecule has 0 atom stereocenters. The van der Waals surface area contributed by atoms with Gasteiger partial charge in [-0.1, -0.05) is 15.9 Å². The molecule has 4 nitrogen and oxygen atoms in total. The van der Waals surface area contributed by atoms with Crippen molar-refractivity contribution in [2.45, 2.75) is 13.1 Å². The van der Waals surface area contributed by atoms with E-state index in [1.165, 1.54) is 12.1 Å². The summed E-state index contributed by atoms with van der Waals surface area (Å²) in [7, 11) is 1.71. The van der Waals surface area contributed by atoms with Crippen LogP contribution in [0.15, 0.2) is 52.2 Å². The third-order valence-electron chi connectivity index (χ3n) is 3.01. The second-order valence-corrected chi connectivity index (χ2v) is 5.36. The fraction of sp³-hybridized carbons (Fsp3) is 0.267. The van der Waals surface area contributed by atoms with Crippen molar-refractivity contribution in [1.82, 2.24) is 15.2 Å². The van der Waals surface area contributed by atoms with Crippen LogP contribution < -0.4 is 10.6 Å². The molecule has 1 aromatic heterocycles. The summed E-state index contributed by atoms with van der Waals surface area (Å²) < 4.78 is 16.2. The monoisotopic (exact) mass is 352 g/mol. The number of hydrogen-bond acceptors (Lipinski definition) is 1. The van der Waals surface area contributed by atoms with E-state index in [2.05, 4.69) is 36.1 Å². The fourth-order valence-electron chi connectivity index (χ4n) is 1.90. The van der Waals surface area contributed by atoms with Crippen LogP contribution in [0.1, 0.15) is 5.56 Å². The van der Waals surface area contributed by atoms with Gasteiger partial charge in [-0.2, -0.15) is 0 Å². The van der Waals surface area contributed by atoms with E-state index < -0.39 is 0 Å². The first-order valence-corrected chi connectivity index (χ1v) is 7.47.